The maximum absolute atomic E-state index is 12.0. The van der Waals surface area contributed by atoms with Gasteiger partial charge in [0.1, 0.15) is 5.41 Å². The molecule has 96 valence electrons. The normalized spacial score (nSPS) is 13.5. The fourth-order valence-electron chi connectivity index (χ4n) is 1.68. The molecule has 3 nitrogen and oxygen atoms in total. The Bertz CT molecular complexity index is 462. The molecule has 1 atom stereocenters. The monoisotopic (exact) mass is 246 g/mol. The zero-order valence-corrected chi connectivity index (χ0v) is 11.0. The summed E-state index contributed by atoms with van der Waals surface area (Å²) >= 11 is 0. The molecule has 0 N–H and O–H groups in total. The lowest BCUT2D eigenvalue weighted by molar-refractivity contribution is -0.154. The lowest BCUT2D eigenvalue weighted by Crippen LogP contribution is -2.37. The van der Waals surface area contributed by atoms with Crippen LogP contribution in [-0.4, -0.2) is 18.4 Å². The van der Waals surface area contributed by atoms with E-state index in [4.69, 9.17) is 4.74 Å². The molecule has 1 rings (SSSR count). The first kappa shape index (κ1) is 14.2. The number of Topliss-reactive ketones (excluding diaryl/α,β-unsaturated/α-hetero) is 1. The summed E-state index contributed by atoms with van der Waals surface area (Å²) in [6.45, 7) is 8.79. The highest BCUT2D eigenvalue weighted by atomic mass is 16.5. The van der Waals surface area contributed by atoms with E-state index in [0.29, 0.717) is 5.57 Å². The van der Waals surface area contributed by atoms with Crippen molar-refractivity contribution in [3.05, 3.63) is 42.5 Å². The zero-order chi connectivity index (χ0) is 13.8. The Morgan fingerprint density at radius 3 is 2.28 bits per heavy atom. The van der Waals surface area contributed by atoms with E-state index in [2.05, 4.69) is 6.58 Å². The van der Waals surface area contributed by atoms with Crippen LogP contribution in [0.3, 0.4) is 0 Å². The molecule has 0 aliphatic heterocycles. The lowest BCUT2D eigenvalue weighted by atomic mass is 9.76. The van der Waals surface area contributed by atoms with Crippen molar-refractivity contribution in [2.45, 2.75) is 20.8 Å². The molecule has 0 aromatic heterocycles. The molecule has 0 saturated carbocycles. The third-order valence-electron chi connectivity index (χ3n) is 3.11. The summed E-state index contributed by atoms with van der Waals surface area (Å²) in [7, 11) is 0. The summed E-state index contributed by atoms with van der Waals surface area (Å²) in [5, 5.41) is 0. The van der Waals surface area contributed by atoms with Gasteiger partial charge in [-0.05, 0) is 31.9 Å². The SMILES string of the molecule is C=C(c1ccccc1)C(C)(C(C)=O)C(=O)OCC. The maximum Gasteiger partial charge on any atom is 0.323 e. The van der Waals surface area contributed by atoms with Gasteiger partial charge in [0.05, 0.1) is 6.61 Å². The number of carbonyl (C=O) groups excluding carboxylic acids is 2. The number of carbonyl (C=O) groups is 2. The van der Waals surface area contributed by atoms with Gasteiger partial charge in [0.2, 0.25) is 0 Å². The Labute approximate surface area is 107 Å². The van der Waals surface area contributed by atoms with Gasteiger partial charge < -0.3 is 4.74 Å². The number of esters is 1. The maximum atomic E-state index is 12.0. The van der Waals surface area contributed by atoms with Crippen LogP contribution in [-0.2, 0) is 14.3 Å². The van der Waals surface area contributed by atoms with Crippen LogP contribution >= 0.6 is 0 Å². The molecular formula is C15H18O3. The summed E-state index contributed by atoms with van der Waals surface area (Å²) in [6.07, 6.45) is 0. The van der Waals surface area contributed by atoms with Crippen molar-refractivity contribution in [3.63, 3.8) is 0 Å². The molecule has 0 fully saturated rings. The van der Waals surface area contributed by atoms with Gasteiger partial charge in [-0.2, -0.15) is 0 Å². The molecule has 3 heteroatoms. The first-order valence-corrected chi connectivity index (χ1v) is 5.87. The van der Waals surface area contributed by atoms with Gasteiger partial charge in [-0.25, -0.2) is 0 Å². The second kappa shape index (κ2) is 5.63. The molecule has 0 aliphatic carbocycles. The van der Waals surface area contributed by atoms with Crippen LogP contribution < -0.4 is 0 Å². The van der Waals surface area contributed by atoms with Crippen LogP contribution in [0, 0.1) is 5.41 Å². The molecular weight excluding hydrogens is 228 g/mol. The van der Waals surface area contributed by atoms with E-state index in [1.807, 2.05) is 30.3 Å². The zero-order valence-electron chi connectivity index (χ0n) is 11.0. The first-order chi connectivity index (χ1) is 8.44. The van der Waals surface area contributed by atoms with E-state index in [9.17, 15) is 9.59 Å². The van der Waals surface area contributed by atoms with Crippen molar-refractivity contribution in [2.24, 2.45) is 5.41 Å². The van der Waals surface area contributed by atoms with Crippen molar-refractivity contribution in [2.75, 3.05) is 6.61 Å². The van der Waals surface area contributed by atoms with E-state index in [1.165, 1.54) is 6.92 Å². The fraction of sp³-hybridized carbons (Fsp3) is 0.333. The second-order valence-corrected chi connectivity index (χ2v) is 4.25. The summed E-state index contributed by atoms with van der Waals surface area (Å²) in [6, 6.07) is 9.19. The minimum atomic E-state index is -1.32. The van der Waals surface area contributed by atoms with E-state index in [-0.39, 0.29) is 12.4 Å². The molecule has 0 radical (unpaired) electrons. The molecule has 0 bridgehead atoms. The van der Waals surface area contributed by atoms with Gasteiger partial charge >= 0.3 is 5.97 Å². The number of ether oxygens (including phenoxy) is 1. The molecule has 0 spiro atoms. The number of hydrogen-bond acceptors (Lipinski definition) is 3. The highest BCUT2D eigenvalue weighted by Gasteiger charge is 2.43. The van der Waals surface area contributed by atoms with Gasteiger partial charge in [-0.3, -0.25) is 9.59 Å². The topological polar surface area (TPSA) is 43.4 Å². The smallest absolute Gasteiger partial charge is 0.323 e. The largest absolute Gasteiger partial charge is 0.465 e. The van der Waals surface area contributed by atoms with Crippen molar-refractivity contribution in [3.8, 4) is 0 Å². The van der Waals surface area contributed by atoms with Gasteiger partial charge in [0, 0.05) is 0 Å². The Morgan fingerprint density at radius 1 is 1.28 bits per heavy atom. The van der Waals surface area contributed by atoms with Crippen molar-refractivity contribution < 1.29 is 14.3 Å². The van der Waals surface area contributed by atoms with Crippen molar-refractivity contribution >= 4 is 17.3 Å². The standard InChI is InChI=1S/C15H18O3/c1-5-18-14(17)15(4,12(3)16)11(2)13-9-7-6-8-10-13/h6-10H,2,5H2,1,3-4H3. The van der Waals surface area contributed by atoms with Crippen molar-refractivity contribution in [1.82, 2.24) is 0 Å². The minimum absolute atomic E-state index is 0.240. The highest BCUT2D eigenvalue weighted by Crippen LogP contribution is 2.35. The molecule has 0 aliphatic rings. The quantitative estimate of drug-likeness (QED) is 0.592. The predicted molar refractivity (Wildman–Crippen MR) is 70.9 cm³/mol. The number of hydrogen-bond donors (Lipinski definition) is 0. The third-order valence-corrected chi connectivity index (χ3v) is 3.11. The number of ketones is 1. The fourth-order valence-corrected chi connectivity index (χ4v) is 1.68. The summed E-state index contributed by atoms with van der Waals surface area (Å²) in [5.74, 6) is -0.818. The molecule has 18 heavy (non-hydrogen) atoms. The van der Waals surface area contributed by atoms with Crippen LogP contribution in [0.5, 0.6) is 0 Å². The van der Waals surface area contributed by atoms with Crippen LogP contribution in [0.2, 0.25) is 0 Å². The van der Waals surface area contributed by atoms with E-state index in [1.54, 1.807) is 13.8 Å². The molecule has 1 aromatic rings. The highest BCUT2D eigenvalue weighted by molar-refractivity contribution is 6.13. The van der Waals surface area contributed by atoms with Crippen LogP contribution in [0.15, 0.2) is 36.9 Å². The third kappa shape index (κ3) is 2.50. The number of benzene rings is 1. The molecule has 0 heterocycles. The number of rotatable bonds is 5. The second-order valence-electron chi connectivity index (χ2n) is 4.25. The van der Waals surface area contributed by atoms with E-state index >= 15 is 0 Å². The summed E-state index contributed by atoms with van der Waals surface area (Å²) in [5.41, 5.74) is -0.0884. The van der Waals surface area contributed by atoms with Crippen LogP contribution in [0.25, 0.3) is 5.57 Å². The summed E-state index contributed by atoms with van der Waals surface area (Å²) in [4.78, 5) is 23.9. The Morgan fingerprint density at radius 2 is 1.83 bits per heavy atom. The summed E-state index contributed by atoms with van der Waals surface area (Å²) < 4.78 is 4.99. The molecule has 0 saturated heterocycles. The van der Waals surface area contributed by atoms with E-state index in [0.717, 1.165) is 5.56 Å². The van der Waals surface area contributed by atoms with E-state index < -0.39 is 11.4 Å². The minimum Gasteiger partial charge on any atom is -0.465 e. The van der Waals surface area contributed by atoms with Crippen molar-refractivity contribution in [1.29, 1.82) is 0 Å². The average molecular weight is 246 g/mol. The Kier molecular flexibility index (Phi) is 4.43. The first-order valence-electron chi connectivity index (χ1n) is 5.87. The molecule has 1 aromatic carbocycles. The van der Waals surface area contributed by atoms with Gasteiger partial charge in [-0.15, -0.1) is 0 Å². The van der Waals surface area contributed by atoms with Gasteiger partial charge in [0.15, 0.2) is 5.78 Å². The predicted octanol–water partition coefficient (Wildman–Crippen LogP) is 2.86. The van der Waals surface area contributed by atoms with Gasteiger partial charge in [-0.1, -0.05) is 36.9 Å². The average Bonchev–Trinajstić information content (AvgIpc) is 2.37. The van der Waals surface area contributed by atoms with Gasteiger partial charge in [0.25, 0.3) is 0 Å². The Balaban J connectivity index is 3.17. The molecule has 0 amide bonds. The molecule has 1 unspecified atom stereocenters. The Hall–Kier alpha value is -1.90. The lowest BCUT2D eigenvalue weighted by Gasteiger charge is -2.26. The van der Waals surface area contributed by atoms with Crippen LogP contribution in [0.1, 0.15) is 26.3 Å². The van der Waals surface area contributed by atoms with Crippen LogP contribution in [0.4, 0.5) is 0 Å².